The van der Waals surface area contributed by atoms with E-state index >= 15 is 0 Å². The van der Waals surface area contributed by atoms with E-state index < -0.39 is 0 Å². The molecule has 12 aromatic rings. The fourth-order valence-electron chi connectivity index (χ4n) is 8.56. The molecule has 4 aromatic heterocycles. The van der Waals surface area contributed by atoms with Crippen LogP contribution in [0, 0.1) is 0 Å². The third-order valence-electron chi connectivity index (χ3n) is 11.2. The summed E-state index contributed by atoms with van der Waals surface area (Å²) in [5, 5.41) is 7.23. The van der Waals surface area contributed by atoms with E-state index in [1.54, 1.807) is 0 Å². The Balaban J connectivity index is 1.09. The zero-order chi connectivity index (χ0) is 37.5. The van der Waals surface area contributed by atoms with E-state index in [2.05, 4.69) is 156 Å². The first-order valence-corrected chi connectivity index (χ1v) is 20.0. The molecule has 57 heavy (non-hydrogen) atoms. The van der Waals surface area contributed by atoms with E-state index in [4.69, 9.17) is 14.4 Å². The summed E-state index contributed by atoms with van der Waals surface area (Å²) in [5.41, 5.74) is 12.5. The first-order chi connectivity index (χ1) is 28.2. The molecule has 0 saturated heterocycles. The van der Waals surface area contributed by atoms with Crippen molar-refractivity contribution in [2.75, 3.05) is 0 Å². The van der Waals surface area contributed by atoms with Crippen LogP contribution < -0.4 is 0 Å². The SMILES string of the molecule is c1ccc(-c2cc(-c3cccc4c3sc3c4ccc4c3c3ccc(-c5ccc6c(c5)oc5ccccc56)cc3n4-c3ccccc3)nc(-c3ccccc3)n2)cc1. The Labute approximate surface area is 331 Å². The maximum Gasteiger partial charge on any atom is 0.160 e. The Morgan fingerprint density at radius 2 is 1.04 bits per heavy atom. The highest BCUT2D eigenvalue weighted by atomic mass is 32.1. The monoisotopic (exact) mass is 745 g/mol. The average Bonchev–Trinajstić information content (AvgIpc) is 3.96. The van der Waals surface area contributed by atoms with Gasteiger partial charge in [-0.2, -0.15) is 0 Å². The van der Waals surface area contributed by atoms with E-state index in [9.17, 15) is 0 Å². The van der Waals surface area contributed by atoms with Gasteiger partial charge < -0.3 is 8.98 Å². The Hall–Kier alpha value is -7.34. The van der Waals surface area contributed by atoms with Crippen molar-refractivity contribution >= 4 is 75.3 Å². The third kappa shape index (κ3) is 5.06. The summed E-state index contributed by atoms with van der Waals surface area (Å²) in [4.78, 5) is 10.3. The summed E-state index contributed by atoms with van der Waals surface area (Å²) in [6.45, 7) is 0. The highest BCUT2D eigenvalue weighted by Crippen LogP contribution is 2.47. The van der Waals surface area contributed by atoms with Crippen LogP contribution in [0.3, 0.4) is 0 Å². The molecule has 12 rings (SSSR count). The van der Waals surface area contributed by atoms with Gasteiger partial charge in [-0.1, -0.05) is 140 Å². The molecule has 8 aromatic carbocycles. The second kappa shape index (κ2) is 12.6. The number of aromatic nitrogens is 3. The van der Waals surface area contributed by atoms with Crippen molar-refractivity contribution in [2.45, 2.75) is 0 Å². The lowest BCUT2D eigenvalue weighted by molar-refractivity contribution is 0.669. The second-order valence-electron chi connectivity index (χ2n) is 14.5. The quantitative estimate of drug-likeness (QED) is 0.176. The van der Waals surface area contributed by atoms with Crippen LogP contribution in [0.5, 0.6) is 0 Å². The molecule has 0 radical (unpaired) electrons. The fraction of sp³-hybridized carbons (Fsp3) is 0. The topological polar surface area (TPSA) is 43.9 Å². The molecule has 266 valence electrons. The molecule has 0 atom stereocenters. The minimum atomic E-state index is 0.716. The van der Waals surface area contributed by atoms with Gasteiger partial charge in [0, 0.05) is 64.1 Å². The van der Waals surface area contributed by atoms with Crippen LogP contribution >= 0.6 is 11.3 Å². The summed E-state index contributed by atoms with van der Waals surface area (Å²) in [6.07, 6.45) is 0. The van der Waals surface area contributed by atoms with Crippen LogP contribution in [-0.2, 0) is 0 Å². The lowest BCUT2D eigenvalue weighted by Gasteiger charge is -2.10. The van der Waals surface area contributed by atoms with Crippen LogP contribution in [0.15, 0.2) is 192 Å². The maximum atomic E-state index is 6.31. The predicted octanol–water partition coefficient (Wildman–Crippen LogP) is 14.5. The molecule has 0 bridgehead atoms. The minimum Gasteiger partial charge on any atom is -0.456 e. The van der Waals surface area contributed by atoms with Crippen LogP contribution in [0.1, 0.15) is 0 Å². The summed E-state index contributed by atoms with van der Waals surface area (Å²) in [6, 6.07) is 66.5. The van der Waals surface area contributed by atoms with Crippen LogP contribution in [0.2, 0.25) is 0 Å². The highest BCUT2D eigenvalue weighted by molar-refractivity contribution is 7.27. The number of rotatable bonds is 5. The van der Waals surface area contributed by atoms with Crippen molar-refractivity contribution in [3.63, 3.8) is 0 Å². The Morgan fingerprint density at radius 1 is 0.404 bits per heavy atom. The molecule has 0 amide bonds. The van der Waals surface area contributed by atoms with Crippen molar-refractivity contribution in [1.82, 2.24) is 14.5 Å². The smallest absolute Gasteiger partial charge is 0.160 e. The van der Waals surface area contributed by atoms with Gasteiger partial charge in [0.1, 0.15) is 11.2 Å². The van der Waals surface area contributed by atoms with E-state index in [-0.39, 0.29) is 0 Å². The van der Waals surface area contributed by atoms with E-state index in [0.717, 1.165) is 66.8 Å². The van der Waals surface area contributed by atoms with Gasteiger partial charge >= 0.3 is 0 Å². The number of furan rings is 1. The number of fused-ring (bicyclic) bond motifs is 10. The number of thiophene rings is 1. The fourth-order valence-corrected chi connectivity index (χ4v) is 9.94. The van der Waals surface area contributed by atoms with Crippen molar-refractivity contribution < 1.29 is 4.42 Å². The van der Waals surface area contributed by atoms with Crippen molar-refractivity contribution in [3.05, 3.63) is 188 Å². The third-order valence-corrected chi connectivity index (χ3v) is 12.5. The van der Waals surface area contributed by atoms with Crippen LogP contribution in [0.4, 0.5) is 0 Å². The van der Waals surface area contributed by atoms with Gasteiger partial charge in [-0.25, -0.2) is 9.97 Å². The van der Waals surface area contributed by atoms with Crippen LogP contribution in [0.25, 0.3) is 115 Å². The molecule has 5 heteroatoms. The normalized spacial score (nSPS) is 11.9. The largest absolute Gasteiger partial charge is 0.456 e. The molecular formula is C52H31N3OS. The zero-order valence-electron chi connectivity index (χ0n) is 30.6. The van der Waals surface area contributed by atoms with Gasteiger partial charge in [0.25, 0.3) is 0 Å². The highest BCUT2D eigenvalue weighted by Gasteiger charge is 2.21. The molecule has 4 nitrogen and oxygen atoms in total. The maximum absolute atomic E-state index is 6.31. The standard InChI is InChI=1S/C52H31N3OS/c1-4-13-32(14-5-1)43-31-44(54-52(53-43)33-15-6-2-7-16-33)41-21-12-20-39-40-27-28-45-49(51(40)57-50(39)41)42-26-24-34(29-46(42)55(45)36-17-8-3-9-18-36)35-23-25-38-37-19-10-11-22-47(37)56-48(38)30-35/h1-31H. The molecule has 0 saturated carbocycles. The van der Waals surface area contributed by atoms with Gasteiger partial charge in [-0.15, -0.1) is 11.3 Å². The van der Waals surface area contributed by atoms with Crippen LogP contribution in [-0.4, -0.2) is 14.5 Å². The Kier molecular flexibility index (Phi) is 7.06. The lowest BCUT2D eigenvalue weighted by atomic mass is 10.0. The lowest BCUT2D eigenvalue weighted by Crippen LogP contribution is -1.95. The Bertz CT molecular complexity index is 3450. The summed E-state index contributed by atoms with van der Waals surface area (Å²) in [7, 11) is 0. The molecule has 0 fully saturated rings. The van der Waals surface area contributed by atoms with E-state index in [0.29, 0.717) is 5.82 Å². The summed E-state index contributed by atoms with van der Waals surface area (Å²) in [5.74, 6) is 0.716. The number of para-hydroxylation sites is 2. The summed E-state index contributed by atoms with van der Waals surface area (Å²) < 4.78 is 11.2. The molecule has 0 N–H and O–H groups in total. The molecule has 0 unspecified atom stereocenters. The van der Waals surface area contributed by atoms with E-state index in [1.807, 2.05) is 47.7 Å². The van der Waals surface area contributed by atoms with Gasteiger partial charge in [-0.05, 0) is 59.7 Å². The Morgan fingerprint density at radius 3 is 1.86 bits per heavy atom. The van der Waals surface area contributed by atoms with Crippen molar-refractivity contribution in [1.29, 1.82) is 0 Å². The zero-order valence-corrected chi connectivity index (χ0v) is 31.4. The first-order valence-electron chi connectivity index (χ1n) is 19.1. The average molecular weight is 746 g/mol. The van der Waals surface area contributed by atoms with Gasteiger partial charge in [0.2, 0.25) is 0 Å². The van der Waals surface area contributed by atoms with E-state index in [1.165, 1.54) is 42.0 Å². The molecule has 0 aliphatic rings. The molecule has 4 heterocycles. The minimum absolute atomic E-state index is 0.716. The van der Waals surface area contributed by atoms with Gasteiger partial charge in [0.15, 0.2) is 5.82 Å². The molecule has 0 aliphatic carbocycles. The van der Waals surface area contributed by atoms with Crippen molar-refractivity contribution in [2.24, 2.45) is 0 Å². The summed E-state index contributed by atoms with van der Waals surface area (Å²) >= 11 is 1.86. The molecular weight excluding hydrogens is 715 g/mol. The number of nitrogens with zero attached hydrogens (tertiary/aromatic N) is 3. The number of benzene rings is 8. The number of hydrogen-bond acceptors (Lipinski definition) is 4. The van der Waals surface area contributed by atoms with Crippen molar-refractivity contribution in [3.8, 4) is 50.7 Å². The molecule has 0 aliphatic heterocycles. The first kappa shape index (κ1) is 32.0. The van der Waals surface area contributed by atoms with Gasteiger partial charge in [-0.3, -0.25) is 0 Å². The molecule has 0 spiro atoms. The number of hydrogen-bond donors (Lipinski definition) is 0. The second-order valence-corrected chi connectivity index (χ2v) is 15.5. The predicted molar refractivity (Wildman–Crippen MR) is 238 cm³/mol. The van der Waals surface area contributed by atoms with Gasteiger partial charge in [0.05, 0.1) is 22.4 Å².